The third kappa shape index (κ3) is 4.12. The van der Waals surface area contributed by atoms with Crippen LogP contribution in [0.2, 0.25) is 0 Å². The fourth-order valence-electron chi connectivity index (χ4n) is 3.04. The highest BCUT2D eigenvalue weighted by molar-refractivity contribution is 5.46. The standard InChI is InChI=1S/C18H25N3O/c22-14-15-5-8-21(9-6-15)13-16-2-1-3-18(10-16)20-12-17-4-7-19-11-17/h1-4,7,10-11,15,19-20,22H,5-6,8-9,12-14H2. The first kappa shape index (κ1) is 15.1. The number of anilines is 1. The van der Waals surface area contributed by atoms with Gasteiger partial charge in [0.05, 0.1) is 0 Å². The van der Waals surface area contributed by atoms with E-state index in [9.17, 15) is 5.11 Å². The number of likely N-dealkylation sites (tertiary alicyclic amines) is 1. The molecule has 118 valence electrons. The van der Waals surface area contributed by atoms with Crippen molar-refractivity contribution in [3.8, 4) is 0 Å². The topological polar surface area (TPSA) is 51.3 Å². The molecule has 1 saturated heterocycles. The molecule has 0 aliphatic carbocycles. The zero-order valence-electron chi connectivity index (χ0n) is 13.0. The second-order valence-corrected chi connectivity index (χ2v) is 6.18. The zero-order chi connectivity index (χ0) is 15.2. The van der Waals surface area contributed by atoms with Crippen molar-refractivity contribution < 1.29 is 5.11 Å². The number of piperidine rings is 1. The van der Waals surface area contributed by atoms with Crippen LogP contribution < -0.4 is 5.32 Å². The summed E-state index contributed by atoms with van der Waals surface area (Å²) in [5.41, 5.74) is 3.78. The lowest BCUT2D eigenvalue weighted by Gasteiger charge is -2.31. The van der Waals surface area contributed by atoms with Gasteiger partial charge >= 0.3 is 0 Å². The molecule has 0 bridgehead atoms. The van der Waals surface area contributed by atoms with Crippen molar-refractivity contribution in [1.82, 2.24) is 9.88 Å². The van der Waals surface area contributed by atoms with Crippen LogP contribution in [0.5, 0.6) is 0 Å². The summed E-state index contributed by atoms with van der Waals surface area (Å²) in [7, 11) is 0. The van der Waals surface area contributed by atoms with Gasteiger partial charge in [-0.2, -0.15) is 0 Å². The number of H-pyrrole nitrogens is 1. The number of nitrogens with one attached hydrogen (secondary N) is 2. The monoisotopic (exact) mass is 299 g/mol. The fraction of sp³-hybridized carbons (Fsp3) is 0.444. The molecule has 3 N–H and O–H groups in total. The van der Waals surface area contributed by atoms with Crippen molar-refractivity contribution in [1.29, 1.82) is 0 Å². The van der Waals surface area contributed by atoms with Gasteiger partial charge in [-0.25, -0.2) is 0 Å². The van der Waals surface area contributed by atoms with E-state index < -0.39 is 0 Å². The highest BCUT2D eigenvalue weighted by atomic mass is 16.3. The first-order chi connectivity index (χ1) is 10.8. The van der Waals surface area contributed by atoms with Crippen molar-refractivity contribution >= 4 is 5.69 Å². The van der Waals surface area contributed by atoms with Gasteiger partial charge in [-0.3, -0.25) is 4.90 Å². The van der Waals surface area contributed by atoms with E-state index in [0.717, 1.165) is 39.0 Å². The number of aromatic nitrogens is 1. The molecule has 1 aliphatic rings. The molecule has 4 heteroatoms. The molecule has 0 amide bonds. The summed E-state index contributed by atoms with van der Waals surface area (Å²) in [6, 6.07) is 10.8. The SMILES string of the molecule is OCC1CCN(Cc2cccc(NCc3cc[nH]c3)c2)CC1. The van der Waals surface area contributed by atoms with E-state index in [0.29, 0.717) is 12.5 Å². The summed E-state index contributed by atoms with van der Waals surface area (Å²) >= 11 is 0. The Morgan fingerprint density at radius 3 is 2.77 bits per heavy atom. The average molecular weight is 299 g/mol. The number of aliphatic hydroxyl groups excluding tert-OH is 1. The number of rotatable bonds is 6. The first-order valence-electron chi connectivity index (χ1n) is 8.11. The van der Waals surface area contributed by atoms with Crippen LogP contribution in [0, 0.1) is 5.92 Å². The van der Waals surface area contributed by atoms with Crippen molar-refractivity contribution in [2.75, 3.05) is 25.0 Å². The van der Waals surface area contributed by atoms with Gasteiger partial charge in [-0.1, -0.05) is 12.1 Å². The molecule has 3 rings (SSSR count). The third-order valence-electron chi connectivity index (χ3n) is 4.46. The molecular formula is C18H25N3O. The maximum atomic E-state index is 9.21. The van der Waals surface area contributed by atoms with E-state index in [2.05, 4.69) is 45.5 Å². The van der Waals surface area contributed by atoms with Crippen LogP contribution in [-0.4, -0.2) is 34.7 Å². The van der Waals surface area contributed by atoms with E-state index in [4.69, 9.17) is 0 Å². The minimum Gasteiger partial charge on any atom is -0.396 e. The van der Waals surface area contributed by atoms with Crippen LogP contribution in [0.25, 0.3) is 0 Å². The molecule has 0 saturated carbocycles. The summed E-state index contributed by atoms with van der Waals surface area (Å²) in [4.78, 5) is 5.56. The molecule has 1 aliphatic heterocycles. The first-order valence-corrected chi connectivity index (χ1v) is 8.11. The molecule has 2 aromatic rings. The summed E-state index contributed by atoms with van der Waals surface area (Å²) in [5, 5.41) is 12.7. The Kier molecular flexibility index (Phi) is 5.14. The third-order valence-corrected chi connectivity index (χ3v) is 4.46. The predicted molar refractivity (Wildman–Crippen MR) is 89.6 cm³/mol. The summed E-state index contributed by atoms with van der Waals surface area (Å²) in [6.07, 6.45) is 6.19. The molecule has 1 aromatic heterocycles. The predicted octanol–water partition coefficient (Wildman–Crippen LogP) is 2.83. The van der Waals surface area contributed by atoms with Gasteiger partial charge in [0, 0.05) is 37.8 Å². The number of aliphatic hydroxyl groups is 1. The van der Waals surface area contributed by atoms with Crippen molar-refractivity contribution in [2.45, 2.75) is 25.9 Å². The van der Waals surface area contributed by atoms with E-state index >= 15 is 0 Å². The second kappa shape index (κ2) is 7.47. The van der Waals surface area contributed by atoms with E-state index in [1.165, 1.54) is 16.8 Å². The zero-order valence-corrected chi connectivity index (χ0v) is 13.0. The van der Waals surface area contributed by atoms with Crippen molar-refractivity contribution in [2.24, 2.45) is 5.92 Å². The van der Waals surface area contributed by atoms with Crippen LogP contribution in [0.1, 0.15) is 24.0 Å². The molecule has 0 radical (unpaired) electrons. The van der Waals surface area contributed by atoms with Crippen molar-refractivity contribution in [3.63, 3.8) is 0 Å². The molecule has 1 fully saturated rings. The fourth-order valence-corrected chi connectivity index (χ4v) is 3.04. The summed E-state index contributed by atoms with van der Waals surface area (Å²) in [6.45, 7) is 4.36. The molecule has 4 nitrogen and oxygen atoms in total. The van der Waals surface area contributed by atoms with Gasteiger partial charge in [-0.15, -0.1) is 0 Å². The summed E-state index contributed by atoms with van der Waals surface area (Å²) < 4.78 is 0. The number of aromatic amines is 1. The van der Waals surface area contributed by atoms with Crippen molar-refractivity contribution in [3.05, 3.63) is 53.9 Å². The second-order valence-electron chi connectivity index (χ2n) is 6.18. The average Bonchev–Trinajstić information content (AvgIpc) is 3.08. The van der Waals surface area contributed by atoms with Gasteiger partial charge in [0.15, 0.2) is 0 Å². The smallest absolute Gasteiger partial charge is 0.0460 e. The maximum Gasteiger partial charge on any atom is 0.0460 e. The number of benzene rings is 1. The molecular weight excluding hydrogens is 274 g/mol. The molecule has 0 atom stereocenters. The minimum atomic E-state index is 0.340. The largest absolute Gasteiger partial charge is 0.396 e. The van der Waals surface area contributed by atoms with Crippen LogP contribution >= 0.6 is 0 Å². The molecule has 1 aromatic carbocycles. The van der Waals surface area contributed by atoms with Crippen LogP contribution in [0.4, 0.5) is 5.69 Å². The Balaban J connectivity index is 1.52. The molecule has 2 heterocycles. The normalized spacial score (nSPS) is 16.8. The lowest BCUT2D eigenvalue weighted by atomic mass is 9.97. The van der Waals surface area contributed by atoms with E-state index in [1.807, 2.05) is 12.4 Å². The number of nitrogens with zero attached hydrogens (tertiary/aromatic N) is 1. The van der Waals surface area contributed by atoms with Gasteiger partial charge < -0.3 is 15.4 Å². The van der Waals surface area contributed by atoms with Gasteiger partial charge in [-0.05, 0) is 61.2 Å². The Morgan fingerprint density at radius 2 is 2.05 bits per heavy atom. The number of hydrogen-bond acceptors (Lipinski definition) is 3. The highest BCUT2D eigenvalue weighted by Crippen LogP contribution is 2.20. The Morgan fingerprint density at radius 1 is 1.18 bits per heavy atom. The molecule has 22 heavy (non-hydrogen) atoms. The minimum absolute atomic E-state index is 0.340. The van der Waals surface area contributed by atoms with E-state index in [1.54, 1.807) is 0 Å². The number of hydrogen-bond donors (Lipinski definition) is 3. The Bertz CT molecular complexity index is 559. The Labute approximate surface area is 132 Å². The van der Waals surface area contributed by atoms with Gasteiger partial charge in [0.2, 0.25) is 0 Å². The highest BCUT2D eigenvalue weighted by Gasteiger charge is 2.18. The van der Waals surface area contributed by atoms with Crippen LogP contribution in [0.3, 0.4) is 0 Å². The van der Waals surface area contributed by atoms with E-state index in [-0.39, 0.29) is 0 Å². The quantitative estimate of drug-likeness (QED) is 0.769. The van der Waals surface area contributed by atoms with Gasteiger partial charge in [0.1, 0.15) is 0 Å². The Hall–Kier alpha value is -1.78. The lowest BCUT2D eigenvalue weighted by Crippen LogP contribution is -2.34. The summed E-state index contributed by atoms with van der Waals surface area (Å²) in [5.74, 6) is 0.505. The van der Waals surface area contributed by atoms with Crippen LogP contribution in [-0.2, 0) is 13.1 Å². The lowest BCUT2D eigenvalue weighted by molar-refractivity contribution is 0.127. The molecule has 0 spiro atoms. The maximum absolute atomic E-state index is 9.21. The molecule has 0 unspecified atom stereocenters. The van der Waals surface area contributed by atoms with Crippen LogP contribution in [0.15, 0.2) is 42.7 Å². The van der Waals surface area contributed by atoms with Gasteiger partial charge in [0.25, 0.3) is 0 Å².